The molecule has 0 amide bonds. The molecule has 2 N–H and O–H groups in total. The quantitative estimate of drug-likeness (QED) is 0.434. The molecule has 0 aliphatic rings. The van der Waals surface area contributed by atoms with Crippen LogP contribution in [-0.4, -0.2) is 30.4 Å². The summed E-state index contributed by atoms with van der Waals surface area (Å²) in [5.74, 6) is 0. The molecule has 4 heteroatoms. The molecule has 0 aliphatic carbocycles. The van der Waals surface area contributed by atoms with Gasteiger partial charge in [-0.2, -0.15) is 0 Å². The SMILES string of the molecule is CO[SeH](O)O. The molecule has 0 spiro atoms. The first-order valence-electron chi connectivity index (χ1n) is 0.991. The third-order valence-electron chi connectivity index (χ3n) is 0.163. The van der Waals surface area contributed by atoms with E-state index in [1.54, 1.807) is 0 Å². The van der Waals surface area contributed by atoms with Crippen LogP contribution < -0.4 is 0 Å². The van der Waals surface area contributed by atoms with E-state index in [1.807, 2.05) is 0 Å². The van der Waals surface area contributed by atoms with E-state index >= 15 is 0 Å². The Morgan fingerprint density at radius 3 is 1.80 bits per heavy atom. The number of rotatable bonds is 1. The van der Waals surface area contributed by atoms with E-state index in [0.29, 0.717) is 0 Å². The van der Waals surface area contributed by atoms with Crippen LogP contribution in [0.15, 0.2) is 0 Å². The van der Waals surface area contributed by atoms with Crippen molar-refractivity contribution in [3.8, 4) is 0 Å². The van der Waals surface area contributed by atoms with Crippen molar-refractivity contribution < 1.29 is 12.2 Å². The molecule has 0 aromatic rings. The predicted octanol–water partition coefficient (Wildman–Crippen LogP) is -1.67. The van der Waals surface area contributed by atoms with Gasteiger partial charge in [0, 0.05) is 0 Å². The third-order valence-corrected chi connectivity index (χ3v) is 0.849. The molecule has 0 radical (unpaired) electrons. The Bertz CT molecular complexity index is 20.9. The molecule has 0 fully saturated rings. The topological polar surface area (TPSA) is 49.7 Å². The average molecular weight is 145 g/mol. The monoisotopic (exact) mass is 146 g/mol. The van der Waals surface area contributed by atoms with Crippen molar-refractivity contribution in [1.29, 1.82) is 0 Å². The molecule has 0 rings (SSSR count). The van der Waals surface area contributed by atoms with Gasteiger partial charge >= 0.3 is 34.2 Å². The van der Waals surface area contributed by atoms with Crippen LogP contribution in [0.5, 0.6) is 0 Å². The zero-order valence-corrected chi connectivity index (χ0v) is 4.63. The molecule has 0 aromatic heterocycles. The number of hydrogen-bond acceptors (Lipinski definition) is 3. The average Bonchev–Trinajstić information content (AvgIpc) is 1.38. The molecular weight excluding hydrogens is 139 g/mol. The summed E-state index contributed by atoms with van der Waals surface area (Å²) in [6.45, 7) is 0. The molecule has 3 nitrogen and oxygen atoms in total. The van der Waals surface area contributed by atoms with Gasteiger partial charge in [0.25, 0.3) is 0 Å². The first-order chi connectivity index (χ1) is 2.27. The van der Waals surface area contributed by atoms with Crippen molar-refractivity contribution in [3.63, 3.8) is 0 Å². The van der Waals surface area contributed by atoms with Crippen molar-refractivity contribution in [1.82, 2.24) is 0 Å². The summed E-state index contributed by atoms with van der Waals surface area (Å²) in [4.78, 5) is 0. The van der Waals surface area contributed by atoms with Gasteiger partial charge in [-0.1, -0.05) is 0 Å². The van der Waals surface area contributed by atoms with Gasteiger partial charge in [-0.3, -0.25) is 0 Å². The summed E-state index contributed by atoms with van der Waals surface area (Å²) < 4.78 is 19.7. The zero-order valence-electron chi connectivity index (χ0n) is 2.75. The van der Waals surface area contributed by atoms with Crippen molar-refractivity contribution in [3.05, 3.63) is 0 Å². The zero-order chi connectivity index (χ0) is 4.28. The van der Waals surface area contributed by atoms with E-state index in [4.69, 9.17) is 8.38 Å². The van der Waals surface area contributed by atoms with E-state index in [-0.39, 0.29) is 0 Å². The molecule has 5 heavy (non-hydrogen) atoms. The van der Waals surface area contributed by atoms with Crippen molar-refractivity contribution in [2.45, 2.75) is 0 Å². The Morgan fingerprint density at radius 1 is 1.60 bits per heavy atom. The van der Waals surface area contributed by atoms with Crippen LogP contribution in [0, 0.1) is 0 Å². The second-order valence-corrected chi connectivity index (χ2v) is 2.26. The van der Waals surface area contributed by atoms with E-state index in [2.05, 4.69) is 3.82 Å². The Balaban J connectivity index is 2.54. The van der Waals surface area contributed by atoms with E-state index in [0.717, 1.165) is 0 Å². The van der Waals surface area contributed by atoms with Gasteiger partial charge in [-0.15, -0.1) is 0 Å². The molecule has 0 saturated heterocycles. The standard InChI is InChI=1S/CH6O3Se/c1-4-5(2)3/h2-3,5H,1H3. The van der Waals surface area contributed by atoms with Crippen molar-refractivity contribution >= 4 is 14.9 Å². The van der Waals surface area contributed by atoms with Crippen LogP contribution in [0.4, 0.5) is 0 Å². The Labute approximate surface area is 35.1 Å². The first kappa shape index (κ1) is 5.40. The van der Waals surface area contributed by atoms with Crippen LogP contribution >= 0.6 is 0 Å². The summed E-state index contributed by atoms with van der Waals surface area (Å²) >= 11 is -2.70. The molecular formula is CH6O3Se. The maximum absolute atomic E-state index is 7.84. The summed E-state index contributed by atoms with van der Waals surface area (Å²) in [7, 11) is 1.26. The van der Waals surface area contributed by atoms with Crippen molar-refractivity contribution in [2.75, 3.05) is 7.11 Å². The third kappa shape index (κ3) is 4.40. The molecule has 0 atom stereocenters. The Hall–Kier alpha value is 0.399. The van der Waals surface area contributed by atoms with Gasteiger partial charge in [-0.05, 0) is 0 Å². The molecule has 34 valence electrons. The maximum atomic E-state index is 7.84. The molecule has 0 bridgehead atoms. The van der Waals surface area contributed by atoms with Crippen LogP contribution in [0.2, 0.25) is 0 Å². The van der Waals surface area contributed by atoms with Gasteiger partial charge in [0.1, 0.15) is 0 Å². The van der Waals surface area contributed by atoms with E-state index < -0.39 is 14.9 Å². The van der Waals surface area contributed by atoms with E-state index in [9.17, 15) is 0 Å². The number of hydrogen-bond donors (Lipinski definition) is 2. The first-order valence-corrected chi connectivity index (χ1v) is 3.44. The van der Waals surface area contributed by atoms with Gasteiger partial charge in [-0.25, -0.2) is 0 Å². The molecule has 0 heterocycles. The Kier molecular flexibility index (Phi) is 2.84. The fourth-order valence-corrected chi connectivity index (χ4v) is 0. The van der Waals surface area contributed by atoms with Crippen LogP contribution in [0.25, 0.3) is 0 Å². The van der Waals surface area contributed by atoms with Crippen LogP contribution in [-0.2, 0) is 3.82 Å². The van der Waals surface area contributed by atoms with Crippen LogP contribution in [0.1, 0.15) is 0 Å². The second-order valence-electron chi connectivity index (χ2n) is 0.435. The van der Waals surface area contributed by atoms with Crippen LogP contribution in [0.3, 0.4) is 0 Å². The summed E-state index contributed by atoms with van der Waals surface area (Å²) in [6, 6.07) is 0. The van der Waals surface area contributed by atoms with Gasteiger partial charge in [0.2, 0.25) is 0 Å². The molecule has 0 unspecified atom stereocenters. The minimum atomic E-state index is -2.70. The molecule has 0 aromatic carbocycles. The summed E-state index contributed by atoms with van der Waals surface area (Å²) in [6.07, 6.45) is 0. The van der Waals surface area contributed by atoms with Gasteiger partial charge < -0.3 is 0 Å². The second kappa shape index (κ2) is 2.63. The van der Waals surface area contributed by atoms with E-state index in [1.165, 1.54) is 7.11 Å². The summed E-state index contributed by atoms with van der Waals surface area (Å²) in [5, 5.41) is 0. The fraction of sp³-hybridized carbons (Fsp3) is 1.00. The summed E-state index contributed by atoms with van der Waals surface area (Å²) in [5.41, 5.74) is 0. The molecule has 0 saturated carbocycles. The van der Waals surface area contributed by atoms with Gasteiger partial charge in [0.15, 0.2) is 0 Å². The normalized spacial score (nSPS) is 11.4. The predicted molar refractivity (Wildman–Crippen MR) is 18.6 cm³/mol. The van der Waals surface area contributed by atoms with Crippen molar-refractivity contribution in [2.24, 2.45) is 0 Å². The van der Waals surface area contributed by atoms with Gasteiger partial charge in [0.05, 0.1) is 0 Å². The molecule has 0 aliphatic heterocycles. The fourth-order valence-electron chi connectivity index (χ4n) is 0. The minimum absolute atomic E-state index is 1.26. The Morgan fingerprint density at radius 2 is 1.80 bits per heavy atom.